The zero-order chi connectivity index (χ0) is 14.2. The lowest BCUT2D eigenvalue weighted by Gasteiger charge is -2.34. The molecule has 1 amide bonds. The first-order valence-electron chi connectivity index (χ1n) is 6.75. The van der Waals surface area contributed by atoms with E-state index >= 15 is 0 Å². The standard InChI is InChI=1S/C13H23N5O/c1-8-5-9(14)7-18(6-8)11(19)10-15-12(17-16-10)13(2,3)4/h8-9H,5-7,14H2,1-4H3,(H,15,16,17). The summed E-state index contributed by atoms with van der Waals surface area (Å²) in [7, 11) is 0. The van der Waals surface area contributed by atoms with Gasteiger partial charge in [0.25, 0.3) is 5.91 Å². The highest BCUT2D eigenvalue weighted by molar-refractivity contribution is 5.90. The minimum atomic E-state index is -0.142. The van der Waals surface area contributed by atoms with E-state index in [2.05, 4.69) is 22.1 Å². The lowest BCUT2D eigenvalue weighted by molar-refractivity contribution is 0.0649. The fourth-order valence-corrected chi connectivity index (χ4v) is 2.40. The van der Waals surface area contributed by atoms with Gasteiger partial charge in [-0.3, -0.25) is 9.89 Å². The van der Waals surface area contributed by atoms with Crippen LogP contribution in [-0.2, 0) is 5.41 Å². The number of carbonyl (C=O) groups excluding carboxylic acids is 1. The number of nitrogens with one attached hydrogen (secondary N) is 1. The number of amides is 1. The zero-order valence-corrected chi connectivity index (χ0v) is 12.1. The highest BCUT2D eigenvalue weighted by Gasteiger charge is 2.29. The number of aromatic amines is 1. The molecule has 3 N–H and O–H groups in total. The fourth-order valence-electron chi connectivity index (χ4n) is 2.40. The maximum atomic E-state index is 12.4. The first-order valence-corrected chi connectivity index (χ1v) is 6.75. The van der Waals surface area contributed by atoms with E-state index in [1.54, 1.807) is 4.90 Å². The van der Waals surface area contributed by atoms with Crippen LogP contribution in [0.15, 0.2) is 0 Å². The minimum Gasteiger partial charge on any atom is -0.334 e. The van der Waals surface area contributed by atoms with Crippen LogP contribution in [-0.4, -0.2) is 45.1 Å². The van der Waals surface area contributed by atoms with Crippen LogP contribution in [0.3, 0.4) is 0 Å². The van der Waals surface area contributed by atoms with Crippen molar-refractivity contribution in [2.75, 3.05) is 13.1 Å². The molecule has 6 heteroatoms. The molecular weight excluding hydrogens is 242 g/mol. The van der Waals surface area contributed by atoms with E-state index < -0.39 is 0 Å². The third-order valence-corrected chi connectivity index (χ3v) is 3.37. The number of nitrogens with two attached hydrogens (primary N) is 1. The normalized spacial score (nSPS) is 24.6. The predicted molar refractivity (Wildman–Crippen MR) is 72.7 cm³/mol. The predicted octanol–water partition coefficient (Wildman–Crippen LogP) is 0.911. The van der Waals surface area contributed by atoms with Crippen LogP contribution in [0.5, 0.6) is 0 Å². The number of nitrogens with zero attached hydrogens (tertiary/aromatic N) is 3. The van der Waals surface area contributed by atoms with Crippen molar-refractivity contribution in [3.05, 3.63) is 11.6 Å². The fraction of sp³-hybridized carbons (Fsp3) is 0.769. The molecule has 1 saturated heterocycles. The average Bonchev–Trinajstić information content (AvgIpc) is 2.75. The number of rotatable bonds is 1. The summed E-state index contributed by atoms with van der Waals surface area (Å²) in [5, 5.41) is 6.89. The number of piperidine rings is 1. The molecule has 19 heavy (non-hydrogen) atoms. The molecule has 1 aromatic heterocycles. The number of aromatic nitrogens is 3. The third-order valence-electron chi connectivity index (χ3n) is 3.37. The van der Waals surface area contributed by atoms with Gasteiger partial charge in [-0.15, -0.1) is 5.10 Å². The van der Waals surface area contributed by atoms with Crippen LogP contribution in [0.2, 0.25) is 0 Å². The SMILES string of the molecule is CC1CC(N)CN(C(=O)c2n[nH]c(C(C)(C)C)n2)C1. The topological polar surface area (TPSA) is 87.9 Å². The Hall–Kier alpha value is -1.43. The molecule has 1 aliphatic rings. The third kappa shape index (κ3) is 3.12. The van der Waals surface area contributed by atoms with Crippen LogP contribution < -0.4 is 5.73 Å². The van der Waals surface area contributed by atoms with Crippen molar-refractivity contribution in [3.8, 4) is 0 Å². The second kappa shape index (κ2) is 4.92. The van der Waals surface area contributed by atoms with Crippen molar-refractivity contribution in [2.45, 2.75) is 45.6 Å². The Bertz CT molecular complexity index is 452. The number of H-pyrrole nitrogens is 1. The molecule has 2 unspecified atom stereocenters. The summed E-state index contributed by atoms with van der Waals surface area (Å²) in [6, 6.07) is 0.0497. The Balaban J connectivity index is 2.13. The summed E-state index contributed by atoms with van der Waals surface area (Å²) in [5.41, 5.74) is 5.82. The van der Waals surface area contributed by atoms with Gasteiger partial charge in [-0.25, -0.2) is 4.98 Å². The molecule has 106 valence electrons. The second-order valence-electron chi connectivity index (χ2n) is 6.57. The van der Waals surface area contributed by atoms with Gasteiger partial charge in [-0.2, -0.15) is 0 Å². The molecule has 6 nitrogen and oxygen atoms in total. The van der Waals surface area contributed by atoms with E-state index in [1.165, 1.54) is 0 Å². The molecule has 0 saturated carbocycles. The average molecular weight is 265 g/mol. The Morgan fingerprint density at radius 1 is 1.42 bits per heavy atom. The van der Waals surface area contributed by atoms with E-state index in [1.807, 2.05) is 20.8 Å². The second-order valence-corrected chi connectivity index (χ2v) is 6.57. The molecule has 0 radical (unpaired) electrons. The van der Waals surface area contributed by atoms with Crippen molar-refractivity contribution in [1.82, 2.24) is 20.1 Å². The molecule has 1 aromatic rings. The monoisotopic (exact) mass is 265 g/mol. The molecule has 0 aliphatic carbocycles. The van der Waals surface area contributed by atoms with Crippen molar-refractivity contribution in [2.24, 2.45) is 11.7 Å². The van der Waals surface area contributed by atoms with Gasteiger partial charge >= 0.3 is 0 Å². The van der Waals surface area contributed by atoms with Gasteiger partial charge in [0.05, 0.1) is 0 Å². The van der Waals surface area contributed by atoms with E-state index in [9.17, 15) is 4.79 Å². The van der Waals surface area contributed by atoms with Gasteiger partial charge in [0.2, 0.25) is 5.82 Å². The van der Waals surface area contributed by atoms with E-state index in [0.29, 0.717) is 12.5 Å². The van der Waals surface area contributed by atoms with Crippen molar-refractivity contribution in [3.63, 3.8) is 0 Å². The van der Waals surface area contributed by atoms with E-state index in [0.717, 1.165) is 18.8 Å². The molecule has 2 heterocycles. The molecule has 2 atom stereocenters. The summed E-state index contributed by atoms with van der Waals surface area (Å²) < 4.78 is 0. The Kier molecular flexibility index (Phi) is 3.62. The molecule has 0 aromatic carbocycles. The van der Waals surface area contributed by atoms with Crippen molar-refractivity contribution >= 4 is 5.91 Å². The van der Waals surface area contributed by atoms with Crippen LogP contribution in [0.1, 0.15) is 50.6 Å². The maximum absolute atomic E-state index is 12.4. The van der Waals surface area contributed by atoms with Crippen LogP contribution in [0.25, 0.3) is 0 Å². The van der Waals surface area contributed by atoms with Crippen LogP contribution in [0.4, 0.5) is 0 Å². The summed E-state index contributed by atoms with van der Waals surface area (Å²) >= 11 is 0. The lowest BCUT2D eigenvalue weighted by atomic mass is 9.96. The maximum Gasteiger partial charge on any atom is 0.293 e. The molecule has 1 fully saturated rings. The van der Waals surface area contributed by atoms with Crippen LogP contribution >= 0.6 is 0 Å². The number of hydrogen-bond donors (Lipinski definition) is 2. The van der Waals surface area contributed by atoms with Gasteiger partial charge in [-0.05, 0) is 12.3 Å². The molecule has 0 bridgehead atoms. The van der Waals surface area contributed by atoms with Gasteiger partial charge in [0.1, 0.15) is 5.82 Å². The number of hydrogen-bond acceptors (Lipinski definition) is 4. The highest BCUT2D eigenvalue weighted by atomic mass is 16.2. The van der Waals surface area contributed by atoms with Gasteiger partial charge in [0.15, 0.2) is 0 Å². The molecule has 0 spiro atoms. The Morgan fingerprint density at radius 2 is 2.11 bits per heavy atom. The van der Waals surface area contributed by atoms with Gasteiger partial charge in [-0.1, -0.05) is 27.7 Å². The summed E-state index contributed by atoms with van der Waals surface area (Å²) in [4.78, 5) is 18.4. The van der Waals surface area contributed by atoms with Crippen LogP contribution in [0, 0.1) is 5.92 Å². The van der Waals surface area contributed by atoms with E-state index in [4.69, 9.17) is 5.73 Å². The molecule has 1 aliphatic heterocycles. The molecular formula is C13H23N5O. The lowest BCUT2D eigenvalue weighted by Crippen LogP contribution is -2.49. The quantitative estimate of drug-likeness (QED) is 0.790. The summed E-state index contributed by atoms with van der Waals surface area (Å²) in [6.45, 7) is 9.51. The summed E-state index contributed by atoms with van der Waals surface area (Å²) in [6.07, 6.45) is 0.963. The molecule has 2 rings (SSSR count). The van der Waals surface area contributed by atoms with Crippen molar-refractivity contribution in [1.29, 1.82) is 0 Å². The Morgan fingerprint density at radius 3 is 2.63 bits per heavy atom. The summed E-state index contributed by atoms with van der Waals surface area (Å²) in [5.74, 6) is 1.26. The van der Waals surface area contributed by atoms with Crippen molar-refractivity contribution < 1.29 is 4.79 Å². The first-order chi connectivity index (χ1) is 8.77. The highest BCUT2D eigenvalue weighted by Crippen LogP contribution is 2.19. The number of carbonyl (C=O) groups is 1. The minimum absolute atomic E-state index is 0.0497. The number of likely N-dealkylation sites (tertiary alicyclic amines) is 1. The van der Waals surface area contributed by atoms with Gasteiger partial charge < -0.3 is 10.6 Å². The van der Waals surface area contributed by atoms with Gasteiger partial charge in [0, 0.05) is 24.5 Å². The van der Waals surface area contributed by atoms with E-state index in [-0.39, 0.29) is 23.2 Å². The zero-order valence-electron chi connectivity index (χ0n) is 12.1. The first kappa shape index (κ1) is 14.0. The Labute approximate surface area is 113 Å². The largest absolute Gasteiger partial charge is 0.334 e. The smallest absolute Gasteiger partial charge is 0.293 e.